The van der Waals surface area contributed by atoms with Crippen molar-refractivity contribution in [3.05, 3.63) is 0 Å². The second-order valence-corrected chi connectivity index (χ2v) is 7.99. The molecule has 0 spiro atoms. The third-order valence-electron chi connectivity index (χ3n) is 0.845. The Bertz CT molecular complexity index is 395. The predicted molar refractivity (Wildman–Crippen MR) is 167 cm³/mol. The summed E-state index contributed by atoms with van der Waals surface area (Å²) in [5, 5.41) is 73.5. The molecule has 0 aliphatic carbocycles. The first-order valence-corrected chi connectivity index (χ1v) is 17.2. The summed E-state index contributed by atoms with van der Waals surface area (Å²) in [6, 6.07) is 0. The molecule has 0 saturated heterocycles. The van der Waals surface area contributed by atoms with Gasteiger partial charge in [-0.25, -0.2) is 46.0 Å². The van der Waals surface area contributed by atoms with Crippen LogP contribution in [-0.2, 0) is 69.7 Å². The van der Waals surface area contributed by atoms with Crippen LogP contribution in [0.5, 0.6) is 0 Å². The molecule has 0 saturated carbocycles. The van der Waals surface area contributed by atoms with Crippen LogP contribution in [-0.4, -0.2) is 142 Å². The average molecular weight is 817 g/mol. The molecule has 11 N–H and O–H groups in total. The van der Waals surface area contributed by atoms with Gasteiger partial charge in [0.05, 0.1) is 0 Å². The minimum absolute atomic E-state index is 0. The zero-order valence-corrected chi connectivity index (χ0v) is 30.9. The molecule has 0 aromatic heterocycles. The van der Waals surface area contributed by atoms with Crippen molar-refractivity contribution in [2.75, 3.05) is 0 Å². The second-order valence-electron chi connectivity index (χ2n) is 2.70. The normalized spacial score (nSPS) is 7.14. The average Bonchev–Trinajstić information content (AvgIpc) is 2.95. The van der Waals surface area contributed by atoms with Crippen LogP contribution in [0.3, 0.4) is 0 Å². The molecule has 0 aliphatic rings. The molecule has 0 rings (SSSR count). The topological polar surface area (TPSA) is 397 Å². The molecule has 0 heterocycles. The molecule has 283 valence electrons. The first-order valence-electron chi connectivity index (χ1n) is 7.73. The summed E-state index contributed by atoms with van der Waals surface area (Å²) in [5.74, 6) is 0. The van der Waals surface area contributed by atoms with Crippen LogP contribution in [0.2, 0.25) is 13.4 Å². The maximum atomic E-state index is 9.08. The van der Waals surface area contributed by atoms with Gasteiger partial charge in [-0.3, -0.25) is 22.5 Å². The predicted octanol–water partition coefficient (Wildman–Crippen LogP) is -4.09. The molecule has 0 unspecified atom stereocenters. The molecule has 0 aromatic rings. The maximum Gasteiger partial charge on any atom is 0.798 e. The van der Waals surface area contributed by atoms with E-state index in [4.69, 9.17) is 69.8 Å². The fourth-order valence-electron chi connectivity index (χ4n) is 0.145. The Hall–Kier alpha value is -1.04. The monoisotopic (exact) mass is 816 g/mol. The first kappa shape index (κ1) is 90.2. The van der Waals surface area contributed by atoms with E-state index in [1.807, 2.05) is 0 Å². The number of hydrogen-bond donors (Lipinski definition) is 11. The summed E-state index contributed by atoms with van der Waals surface area (Å²) in [5.41, 5.74) is 0. The fraction of sp³-hybridized carbons (Fsp3) is 1.00. The van der Waals surface area contributed by atoms with Crippen molar-refractivity contribution in [2.45, 2.75) is 57.9 Å². The van der Waals surface area contributed by atoms with Crippen molar-refractivity contribution in [1.29, 1.82) is 0 Å². The standard InChI is InChI=1S/CH4BNO.CH6Si.6CH4.H6O7Si2.3H2O4Si.H4O3Si.H3O3Si.H2/c1-2-3-4;1-2;;;;;;;1-3-5-8-7-9-6-4-2;3*1-4-5(2)3;2*1-2-3-4;/h4H,1H3;1-2H3;6*1H4;1-2H,8-9H2;3*1-2H;1H,4H3;1H,4H2;1H. The van der Waals surface area contributed by atoms with Gasteiger partial charge in [0.15, 0.2) is 10.5 Å². The minimum atomic E-state index is -3.07. The van der Waals surface area contributed by atoms with E-state index in [0.29, 0.717) is 10.5 Å². The van der Waals surface area contributed by atoms with E-state index < -0.39 is 47.5 Å². The number of nitrogens with zero attached hydrogens (tertiary/aromatic N) is 1. The third-order valence-corrected chi connectivity index (χ3v) is 3.30. The van der Waals surface area contributed by atoms with Crippen LogP contribution in [0.1, 0.15) is 46.0 Å². The Balaban J connectivity index is -0.0000000177. The van der Waals surface area contributed by atoms with E-state index in [1.54, 1.807) is 6.82 Å². The summed E-state index contributed by atoms with van der Waals surface area (Å²) in [6.45, 7) is 3.78. The van der Waals surface area contributed by atoms with Crippen LogP contribution in [0.25, 0.3) is 0 Å². The molecular weight excluding hydrogens is 762 g/mol. The van der Waals surface area contributed by atoms with Gasteiger partial charge >= 0.3 is 71.7 Å². The van der Waals surface area contributed by atoms with Crippen molar-refractivity contribution in [3.63, 3.8) is 0 Å². The minimum Gasteiger partial charge on any atom is -0.510 e. The van der Waals surface area contributed by atoms with E-state index in [2.05, 4.69) is 67.9 Å². The SMILES string of the molecule is C.C.C.C.C.C.CB=NO.C[SiH3].O=[Si](O)OO.O=[Si](O)OO.O=[Si](O)OO.OOO[SiH2].OOO[SiH2]O[SiH2]OOO.OOO[SiH3].[HH]. The molecule has 0 amide bonds. The Kier molecular flexibility index (Phi) is 251. The number of rotatable bonds is 11. The molecule has 0 bridgehead atoms. The molecule has 0 aliphatic heterocycles. The van der Waals surface area contributed by atoms with Crippen molar-refractivity contribution < 1.29 is 128 Å². The van der Waals surface area contributed by atoms with E-state index in [9.17, 15) is 0 Å². The fourth-order valence-corrected chi connectivity index (χ4v) is 1.05. The maximum absolute atomic E-state index is 9.08. The van der Waals surface area contributed by atoms with Gasteiger partial charge in [0.1, 0.15) is 0 Å². The van der Waals surface area contributed by atoms with Gasteiger partial charge in [0, 0.05) is 1.43 Å². The van der Waals surface area contributed by atoms with E-state index in [1.165, 1.54) is 17.3 Å². The van der Waals surface area contributed by atoms with Gasteiger partial charge < -0.3 is 32.2 Å². The second kappa shape index (κ2) is 123. The quantitative estimate of drug-likeness (QED) is 0.0409. The molecule has 27 nitrogen and oxygen atoms in total. The van der Waals surface area contributed by atoms with E-state index in [-0.39, 0.29) is 46.0 Å². The third kappa shape index (κ3) is 336. The molecule has 44 heavy (non-hydrogen) atoms. The van der Waals surface area contributed by atoms with Crippen LogP contribution >= 0.6 is 0 Å². The summed E-state index contributed by atoms with van der Waals surface area (Å²) >= 11 is 0. The summed E-state index contributed by atoms with van der Waals surface area (Å²) in [7, 11) is -7.80. The van der Waals surface area contributed by atoms with Gasteiger partial charge in [-0.1, -0.05) is 71.3 Å². The number of hydrogen-bond acceptors (Lipinski definition) is 24. The molecule has 0 fully saturated rings. The molecular formula is C8H55BNO26Si8. The molecule has 1 radical (unpaired) electrons. The van der Waals surface area contributed by atoms with Gasteiger partial charge in [-0.05, 0) is 10.2 Å². The smallest absolute Gasteiger partial charge is 0.510 e. The van der Waals surface area contributed by atoms with Crippen LogP contribution in [0.15, 0.2) is 5.06 Å². The Morgan fingerprint density at radius 1 is 0.682 bits per heavy atom. The zero-order valence-electron chi connectivity index (χ0n) is 19.7. The molecule has 0 aromatic carbocycles. The molecule has 36 heteroatoms. The largest absolute Gasteiger partial charge is 0.798 e. The zero-order chi connectivity index (χ0) is 32.0. The van der Waals surface area contributed by atoms with Crippen LogP contribution in [0.4, 0.5) is 0 Å². The van der Waals surface area contributed by atoms with Crippen molar-refractivity contribution in [2.24, 2.45) is 5.06 Å². The van der Waals surface area contributed by atoms with Crippen LogP contribution < -0.4 is 0 Å². The van der Waals surface area contributed by atoms with E-state index in [0.717, 1.165) is 10.5 Å². The van der Waals surface area contributed by atoms with E-state index >= 15 is 0 Å². The summed E-state index contributed by atoms with van der Waals surface area (Å²) in [4.78, 5) is 22.3. The van der Waals surface area contributed by atoms with Gasteiger partial charge in [-0.15, -0.1) is 0 Å². The van der Waals surface area contributed by atoms with Gasteiger partial charge in [0.25, 0.3) is 0 Å². The Labute approximate surface area is 276 Å². The first-order chi connectivity index (χ1) is 18.0. The summed E-state index contributed by atoms with van der Waals surface area (Å²) < 4.78 is 55.7. The Morgan fingerprint density at radius 2 is 0.864 bits per heavy atom. The van der Waals surface area contributed by atoms with Gasteiger partial charge in [0.2, 0.25) is 10.5 Å². The van der Waals surface area contributed by atoms with Crippen LogP contribution in [0, 0.1) is 0 Å². The van der Waals surface area contributed by atoms with Crippen molar-refractivity contribution in [3.8, 4) is 0 Å². The summed E-state index contributed by atoms with van der Waals surface area (Å²) in [6.07, 6.45) is 0. The van der Waals surface area contributed by atoms with Gasteiger partial charge in [-0.2, -0.15) is 0 Å². The van der Waals surface area contributed by atoms with Crippen molar-refractivity contribution >= 4 is 85.8 Å². The van der Waals surface area contributed by atoms with Crippen molar-refractivity contribution in [1.82, 2.24) is 0 Å². The molecule has 0 atom stereocenters. The Morgan fingerprint density at radius 3 is 0.932 bits per heavy atom.